The predicted octanol–water partition coefficient (Wildman–Crippen LogP) is 3.38. The van der Waals surface area contributed by atoms with Crippen LogP contribution < -0.4 is 10.0 Å². The molecule has 140 valence electrons. The minimum absolute atomic E-state index is 0.0759. The second kappa shape index (κ2) is 8.51. The number of rotatable bonds is 7. The van der Waals surface area contributed by atoms with E-state index in [0.717, 1.165) is 16.2 Å². The molecule has 0 bridgehead atoms. The second-order valence-electron chi connectivity index (χ2n) is 5.41. The molecule has 1 heterocycles. The number of benzene rings is 2. The van der Waals surface area contributed by atoms with Gasteiger partial charge < -0.3 is 5.32 Å². The average molecular weight is 421 g/mol. The number of anilines is 2. The average Bonchev–Trinajstić information content (AvgIpc) is 3.05. The number of carbonyl (C=O) groups excluding carboxylic acids is 1. The number of carbonyl (C=O) groups is 1. The molecule has 0 aliphatic rings. The number of amides is 1. The molecule has 2 aromatic carbocycles. The first-order chi connectivity index (χ1) is 12.9. The zero-order chi connectivity index (χ0) is 19.3. The lowest BCUT2D eigenvalue weighted by Gasteiger charge is -2.08. The number of nitrogens with one attached hydrogen (secondary N) is 2. The molecule has 0 radical (unpaired) electrons. The van der Waals surface area contributed by atoms with Crippen molar-refractivity contribution in [1.29, 1.82) is 0 Å². The van der Waals surface area contributed by atoms with Gasteiger partial charge in [-0.3, -0.25) is 9.52 Å². The van der Waals surface area contributed by atoms with Crippen LogP contribution in [-0.4, -0.2) is 30.3 Å². The van der Waals surface area contributed by atoms with Gasteiger partial charge in [0.05, 0.1) is 10.6 Å². The van der Waals surface area contributed by atoms with E-state index in [1.165, 1.54) is 23.9 Å². The highest BCUT2D eigenvalue weighted by Gasteiger charge is 2.16. The molecule has 0 unspecified atom stereocenters. The Labute approximate surface area is 165 Å². The van der Waals surface area contributed by atoms with Crippen molar-refractivity contribution in [1.82, 2.24) is 10.2 Å². The summed E-state index contributed by atoms with van der Waals surface area (Å²) >= 11 is 2.58. The summed E-state index contributed by atoms with van der Waals surface area (Å²) in [5, 5.41) is 11.1. The van der Waals surface area contributed by atoms with Crippen molar-refractivity contribution < 1.29 is 13.2 Å². The van der Waals surface area contributed by atoms with Crippen molar-refractivity contribution in [3.63, 3.8) is 0 Å². The molecular formula is C17H16N4O3S3. The second-order valence-corrected chi connectivity index (χ2v) is 9.32. The van der Waals surface area contributed by atoms with Gasteiger partial charge in [-0.2, -0.15) is 0 Å². The number of nitrogens with zero attached hydrogens (tertiary/aromatic N) is 2. The molecular weight excluding hydrogens is 404 g/mol. The van der Waals surface area contributed by atoms with Gasteiger partial charge in [-0.25, -0.2) is 8.42 Å². The van der Waals surface area contributed by atoms with E-state index in [4.69, 9.17) is 0 Å². The van der Waals surface area contributed by atoms with Crippen LogP contribution in [0.4, 0.5) is 10.8 Å². The number of aromatic nitrogens is 2. The highest BCUT2D eigenvalue weighted by Crippen LogP contribution is 2.21. The fraction of sp³-hybridized carbons (Fsp3) is 0.118. The first-order valence-electron chi connectivity index (χ1n) is 7.83. The Morgan fingerprint density at radius 1 is 1.07 bits per heavy atom. The van der Waals surface area contributed by atoms with Gasteiger partial charge >= 0.3 is 0 Å². The highest BCUT2D eigenvalue weighted by molar-refractivity contribution is 8.00. The molecule has 0 fully saturated rings. The van der Waals surface area contributed by atoms with E-state index in [1.807, 2.05) is 30.3 Å². The Bertz CT molecular complexity index is 1020. The summed E-state index contributed by atoms with van der Waals surface area (Å²) in [6.45, 7) is 1.74. The Balaban J connectivity index is 1.58. The topological polar surface area (TPSA) is 101 Å². The fourth-order valence-electron chi connectivity index (χ4n) is 2.09. The Kier molecular flexibility index (Phi) is 6.09. The van der Waals surface area contributed by atoms with E-state index < -0.39 is 10.0 Å². The van der Waals surface area contributed by atoms with E-state index >= 15 is 0 Å². The smallest absolute Gasteiger partial charge is 0.263 e. The zero-order valence-electron chi connectivity index (χ0n) is 14.2. The van der Waals surface area contributed by atoms with Gasteiger partial charge in [-0.05, 0) is 43.3 Å². The molecule has 2 N–H and O–H groups in total. The van der Waals surface area contributed by atoms with Gasteiger partial charge in [-0.1, -0.05) is 29.5 Å². The first kappa shape index (κ1) is 19.3. The molecule has 0 atom stereocenters. The Morgan fingerprint density at radius 3 is 2.41 bits per heavy atom. The summed E-state index contributed by atoms with van der Waals surface area (Å²) in [7, 11) is -3.75. The molecule has 0 aliphatic heterocycles. The highest BCUT2D eigenvalue weighted by atomic mass is 32.2. The van der Waals surface area contributed by atoms with Crippen LogP contribution in [0.15, 0.2) is 64.4 Å². The number of hydrogen-bond acceptors (Lipinski definition) is 7. The maximum absolute atomic E-state index is 12.3. The zero-order valence-corrected chi connectivity index (χ0v) is 16.7. The molecule has 27 heavy (non-hydrogen) atoms. The summed E-state index contributed by atoms with van der Waals surface area (Å²) in [5.74, 6) is 0.101. The van der Waals surface area contributed by atoms with Crippen molar-refractivity contribution in [2.24, 2.45) is 0 Å². The monoisotopic (exact) mass is 420 g/mol. The van der Waals surface area contributed by atoms with Crippen LogP contribution in [0.1, 0.15) is 5.01 Å². The van der Waals surface area contributed by atoms with Crippen LogP contribution in [0.3, 0.4) is 0 Å². The van der Waals surface area contributed by atoms with Crippen LogP contribution in [0.2, 0.25) is 0 Å². The van der Waals surface area contributed by atoms with E-state index in [-0.39, 0.29) is 21.7 Å². The molecule has 0 aliphatic carbocycles. The van der Waals surface area contributed by atoms with Crippen LogP contribution >= 0.6 is 23.1 Å². The minimum Gasteiger partial charge on any atom is -0.325 e. The molecule has 0 saturated carbocycles. The van der Waals surface area contributed by atoms with E-state index in [0.29, 0.717) is 10.7 Å². The normalized spacial score (nSPS) is 11.1. The van der Waals surface area contributed by atoms with Gasteiger partial charge in [0.15, 0.2) is 0 Å². The summed E-state index contributed by atoms with van der Waals surface area (Å²) in [6.07, 6.45) is 0. The number of aryl methyl sites for hydroxylation is 1. The lowest BCUT2D eigenvalue weighted by Crippen LogP contribution is -2.15. The molecule has 0 saturated heterocycles. The summed E-state index contributed by atoms with van der Waals surface area (Å²) in [5.41, 5.74) is 0.527. The summed E-state index contributed by atoms with van der Waals surface area (Å²) < 4.78 is 27.1. The van der Waals surface area contributed by atoms with E-state index in [2.05, 4.69) is 20.2 Å². The van der Waals surface area contributed by atoms with E-state index in [1.54, 1.807) is 19.1 Å². The van der Waals surface area contributed by atoms with Gasteiger partial charge in [0.25, 0.3) is 10.0 Å². The molecule has 7 nitrogen and oxygen atoms in total. The largest absolute Gasteiger partial charge is 0.325 e. The molecule has 3 rings (SSSR count). The Hall–Kier alpha value is -2.43. The number of sulfonamides is 1. The van der Waals surface area contributed by atoms with Crippen molar-refractivity contribution in [2.45, 2.75) is 16.7 Å². The summed E-state index contributed by atoms with van der Waals surface area (Å²) in [4.78, 5) is 13.1. The quantitative estimate of drug-likeness (QED) is 0.568. The molecule has 0 spiro atoms. The van der Waals surface area contributed by atoms with Gasteiger partial charge in [0.2, 0.25) is 11.0 Å². The summed E-state index contributed by atoms with van der Waals surface area (Å²) in [6, 6.07) is 15.6. The third kappa shape index (κ3) is 5.52. The van der Waals surface area contributed by atoms with Crippen LogP contribution in [-0.2, 0) is 14.8 Å². The standard InChI is InChI=1S/C17H16N4O3S3/c1-12-19-20-17(26-12)21-27(23,24)15-9-7-13(8-10-15)18-16(22)11-25-14-5-3-2-4-6-14/h2-10H,11H2,1H3,(H,18,22)(H,20,21). The van der Waals surface area contributed by atoms with Crippen molar-refractivity contribution in [3.05, 3.63) is 59.6 Å². The Morgan fingerprint density at radius 2 is 1.78 bits per heavy atom. The third-order valence-electron chi connectivity index (χ3n) is 3.31. The fourth-order valence-corrected chi connectivity index (χ4v) is 4.63. The molecule has 10 heteroatoms. The van der Waals surface area contributed by atoms with Gasteiger partial charge in [-0.15, -0.1) is 22.0 Å². The predicted molar refractivity (Wildman–Crippen MR) is 108 cm³/mol. The van der Waals surface area contributed by atoms with Crippen molar-refractivity contribution in [2.75, 3.05) is 15.8 Å². The molecule has 1 amide bonds. The minimum atomic E-state index is -3.75. The molecule has 3 aromatic rings. The van der Waals surface area contributed by atoms with Crippen LogP contribution in [0, 0.1) is 6.92 Å². The maximum atomic E-state index is 12.3. The molecule has 1 aromatic heterocycles. The van der Waals surface area contributed by atoms with Gasteiger partial charge in [0.1, 0.15) is 5.01 Å². The van der Waals surface area contributed by atoms with Gasteiger partial charge in [0, 0.05) is 10.6 Å². The number of hydrogen-bond donors (Lipinski definition) is 2. The third-order valence-corrected chi connectivity index (χ3v) is 6.56. The van der Waals surface area contributed by atoms with E-state index in [9.17, 15) is 13.2 Å². The number of thioether (sulfide) groups is 1. The SMILES string of the molecule is Cc1nnc(NS(=O)(=O)c2ccc(NC(=O)CSc3ccccc3)cc2)s1. The van der Waals surface area contributed by atoms with Crippen molar-refractivity contribution in [3.8, 4) is 0 Å². The van der Waals surface area contributed by atoms with Crippen LogP contribution in [0.5, 0.6) is 0 Å². The van der Waals surface area contributed by atoms with Crippen LogP contribution in [0.25, 0.3) is 0 Å². The lowest BCUT2D eigenvalue weighted by molar-refractivity contribution is -0.113. The maximum Gasteiger partial charge on any atom is 0.263 e. The van der Waals surface area contributed by atoms with Crippen molar-refractivity contribution >= 4 is 49.8 Å². The first-order valence-corrected chi connectivity index (χ1v) is 11.1. The lowest BCUT2D eigenvalue weighted by atomic mass is 10.3.